The van der Waals surface area contributed by atoms with Gasteiger partial charge in [0.1, 0.15) is 0 Å². The highest BCUT2D eigenvalue weighted by Gasteiger charge is 2.45. The number of halogens is 1. The van der Waals surface area contributed by atoms with Gasteiger partial charge in [0, 0.05) is 38.1 Å². The Morgan fingerprint density at radius 2 is 1.27 bits per heavy atom. The van der Waals surface area contributed by atoms with E-state index in [2.05, 4.69) is 20.4 Å². The number of rotatable bonds is 13. The molecule has 0 atom stereocenters. The third kappa shape index (κ3) is 7.92. The Kier molecular flexibility index (Phi) is 12.7. The van der Waals surface area contributed by atoms with Gasteiger partial charge in [-0.25, -0.2) is 0 Å². The van der Waals surface area contributed by atoms with Gasteiger partial charge in [-0.15, -0.1) is 0 Å². The van der Waals surface area contributed by atoms with Crippen LogP contribution in [0.3, 0.4) is 0 Å². The molecule has 0 bridgehead atoms. The number of carbonyl (C=O) groups excluding carboxylic acids is 2. The number of hydrogen-bond acceptors (Lipinski definition) is 8. The molecule has 0 radical (unpaired) electrons. The van der Waals surface area contributed by atoms with Gasteiger partial charge >= 0.3 is 15.2 Å². The summed E-state index contributed by atoms with van der Waals surface area (Å²) >= 11 is 6.56. The van der Waals surface area contributed by atoms with Crippen LogP contribution in [0.1, 0.15) is 105 Å². The molecule has 2 fully saturated rings. The van der Waals surface area contributed by atoms with Gasteiger partial charge in [-0.05, 0) is 81.9 Å². The summed E-state index contributed by atoms with van der Waals surface area (Å²) in [6.45, 7) is 18.3. The molecule has 8 nitrogen and oxygen atoms in total. The lowest BCUT2D eigenvalue weighted by Gasteiger charge is -2.39. The molecule has 49 heavy (non-hydrogen) atoms. The molecular weight excluding hydrogens is 682 g/mol. The van der Waals surface area contributed by atoms with Crippen molar-refractivity contribution in [1.29, 1.82) is 0 Å². The quantitative estimate of drug-likeness (QED) is 0.0868. The summed E-state index contributed by atoms with van der Waals surface area (Å²) in [5.41, 5.74) is 1.39. The van der Waals surface area contributed by atoms with Crippen LogP contribution in [0.15, 0.2) is 71.3 Å². The third-order valence-corrected chi connectivity index (χ3v) is 14.7. The second-order valence-electron chi connectivity index (χ2n) is 13.1. The maximum atomic E-state index is 14.7. The average Bonchev–Trinajstić information content (AvgIpc) is 3.13. The molecule has 0 unspecified atom stereocenters. The molecule has 0 aromatic heterocycles. The molecule has 2 aromatic rings. The Balaban J connectivity index is 1.79. The van der Waals surface area contributed by atoms with Gasteiger partial charge < -0.3 is 18.1 Å². The van der Waals surface area contributed by atoms with Crippen LogP contribution < -0.4 is 10.6 Å². The fourth-order valence-electron chi connectivity index (χ4n) is 5.96. The maximum absolute atomic E-state index is 14.7. The van der Waals surface area contributed by atoms with Gasteiger partial charge in [0.05, 0.1) is 37.0 Å². The molecule has 4 rings (SSSR count). The average molecular weight is 731 g/mol. The highest BCUT2D eigenvalue weighted by Crippen LogP contribution is 2.56. The first-order valence-electron chi connectivity index (χ1n) is 17.0. The van der Waals surface area contributed by atoms with Crippen molar-refractivity contribution in [3.05, 3.63) is 93.6 Å². The van der Waals surface area contributed by atoms with Crippen LogP contribution in [0.25, 0.3) is 0 Å². The van der Waals surface area contributed by atoms with E-state index < -0.39 is 21.0 Å². The first kappa shape index (κ1) is 39.4. The number of carbonyl (C=O) groups is 2. The summed E-state index contributed by atoms with van der Waals surface area (Å²) in [6, 6.07) is 9.26. The zero-order valence-corrected chi connectivity index (χ0v) is 32.3. The molecule has 0 aliphatic carbocycles. The van der Waals surface area contributed by atoms with E-state index >= 15 is 0 Å². The highest BCUT2D eigenvalue weighted by molar-refractivity contribution is 7.62. The van der Waals surface area contributed by atoms with Crippen LogP contribution in [-0.4, -0.2) is 38.0 Å². The summed E-state index contributed by atoms with van der Waals surface area (Å²) < 4.78 is 52.1. The van der Waals surface area contributed by atoms with Gasteiger partial charge in [0.2, 0.25) is 0 Å². The lowest BCUT2D eigenvalue weighted by molar-refractivity contribution is 0.0155. The van der Waals surface area contributed by atoms with Crippen molar-refractivity contribution in [2.45, 2.75) is 80.6 Å². The Morgan fingerprint density at radius 1 is 0.796 bits per heavy atom. The Labute approximate surface area is 296 Å². The highest BCUT2D eigenvalue weighted by atomic mass is 35.5. The summed E-state index contributed by atoms with van der Waals surface area (Å²) in [6.07, 6.45) is 6.91. The molecule has 0 saturated carbocycles. The van der Waals surface area contributed by atoms with E-state index in [1.165, 1.54) is 6.07 Å². The molecule has 0 amide bonds. The van der Waals surface area contributed by atoms with E-state index in [4.69, 9.17) is 29.7 Å². The van der Waals surface area contributed by atoms with E-state index in [-0.39, 0.29) is 57.4 Å². The molecule has 0 N–H and O–H groups in total. The first-order chi connectivity index (χ1) is 23.2. The van der Waals surface area contributed by atoms with Crippen molar-refractivity contribution in [1.82, 2.24) is 0 Å². The normalized spacial score (nSPS) is 20.3. The second kappa shape index (κ2) is 15.9. The molecule has 2 heterocycles. The van der Waals surface area contributed by atoms with Crippen molar-refractivity contribution >= 4 is 49.0 Å². The Bertz CT molecular complexity index is 1720. The van der Waals surface area contributed by atoms with E-state index in [0.717, 1.165) is 31.3 Å². The predicted octanol–water partition coefficient (Wildman–Crippen LogP) is 9.79. The summed E-state index contributed by atoms with van der Waals surface area (Å²) in [7, 11) is -7.65. The van der Waals surface area contributed by atoms with Crippen molar-refractivity contribution in [3.8, 4) is 0 Å². The van der Waals surface area contributed by atoms with Gasteiger partial charge in [-0.2, -0.15) is 0 Å². The minimum Gasteiger partial charge on any atom is -0.305 e. The number of ketones is 2. The topological polar surface area (TPSA) is 105 Å². The minimum atomic E-state index is -4.08. The first-order valence-corrected chi connectivity index (χ1v) is 20.5. The van der Waals surface area contributed by atoms with Gasteiger partial charge in [0.25, 0.3) is 0 Å². The number of allylic oxidation sites excluding steroid dienone is 5. The lowest BCUT2D eigenvalue weighted by atomic mass is 9.84. The van der Waals surface area contributed by atoms with Crippen LogP contribution in [0.5, 0.6) is 0 Å². The van der Waals surface area contributed by atoms with E-state index in [1.54, 1.807) is 49.4 Å². The number of benzene rings is 2. The summed E-state index contributed by atoms with van der Waals surface area (Å²) in [4.78, 5) is 28.3. The minimum absolute atomic E-state index is 0.0480. The predicted molar refractivity (Wildman–Crippen MR) is 197 cm³/mol. The van der Waals surface area contributed by atoms with Crippen LogP contribution in [-0.2, 0) is 27.2 Å². The number of Topliss-reactive ketones (excluding diaryl/α,β-unsaturated/α-hetero) is 1. The van der Waals surface area contributed by atoms with Gasteiger partial charge in [-0.3, -0.25) is 18.7 Å². The Hall–Kier alpha value is -2.41. The van der Waals surface area contributed by atoms with Gasteiger partial charge in [-0.1, -0.05) is 76.6 Å². The van der Waals surface area contributed by atoms with Crippen molar-refractivity contribution in [2.75, 3.05) is 26.4 Å². The molecule has 2 saturated heterocycles. The largest absolute Gasteiger partial charge is 0.362 e. The molecule has 2 aliphatic rings. The fourth-order valence-corrected chi connectivity index (χ4v) is 10.1. The van der Waals surface area contributed by atoms with Crippen molar-refractivity contribution in [2.24, 2.45) is 10.8 Å². The second-order valence-corrected chi connectivity index (χ2v) is 17.5. The zero-order chi connectivity index (χ0) is 36.2. The van der Waals surface area contributed by atoms with E-state index in [9.17, 15) is 18.7 Å². The third-order valence-electron chi connectivity index (χ3n) is 10.3. The SMILES string of the molecule is C=C/C(C)=C\C(C(=O)c1ccc(C(=O)c2ccc(P3(=O)OCC(CC)(CC)CO3)cc2)c(P2(=O)OCC(CC)(CC)CO2)c1C)=C(\Cl)CC. The fraction of sp³-hybridized carbons (Fsp3) is 0.474. The van der Waals surface area contributed by atoms with Gasteiger partial charge in [0.15, 0.2) is 11.6 Å². The van der Waals surface area contributed by atoms with E-state index in [1.807, 2.05) is 27.7 Å². The van der Waals surface area contributed by atoms with Crippen molar-refractivity contribution in [3.63, 3.8) is 0 Å². The Morgan fingerprint density at radius 3 is 1.71 bits per heavy atom. The summed E-state index contributed by atoms with van der Waals surface area (Å²) in [5, 5.41) is 0.756. The maximum Gasteiger partial charge on any atom is 0.362 e. The van der Waals surface area contributed by atoms with Crippen LogP contribution >= 0.6 is 26.8 Å². The molecule has 0 spiro atoms. The zero-order valence-electron chi connectivity index (χ0n) is 29.7. The molecular formula is C38H49ClO8P2. The molecule has 2 aliphatic heterocycles. The molecule has 11 heteroatoms. The monoisotopic (exact) mass is 730 g/mol. The summed E-state index contributed by atoms with van der Waals surface area (Å²) in [5.74, 6) is -0.846. The lowest BCUT2D eigenvalue weighted by Crippen LogP contribution is -2.37. The van der Waals surface area contributed by atoms with E-state index in [0.29, 0.717) is 35.5 Å². The van der Waals surface area contributed by atoms with Crippen LogP contribution in [0, 0.1) is 17.8 Å². The smallest absolute Gasteiger partial charge is 0.305 e. The van der Waals surface area contributed by atoms with Crippen molar-refractivity contribution < 1.29 is 36.8 Å². The van der Waals surface area contributed by atoms with Crippen LogP contribution in [0.4, 0.5) is 0 Å². The number of hydrogen-bond donors (Lipinski definition) is 0. The molecule has 2 aromatic carbocycles. The standard InChI is InChI=1S/C38H49ClO8P2/c1-9-26(7)21-32(33(39)10-2)35(41)30-19-20-31(36(27(30)8)49(43)46-24-38(13-5,14-6)25-47-49)34(40)28-15-17-29(18-16-28)48(42)44-22-37(11-3,12-4)23-45-48/h9,15-21H,1,10-14,22-25H2,2-8H3/b26-21-,33-32-. The molecule has 266 valence electrons. The van der Waals surface area contributed by atoms with Crippen LogP contribution in [0.2, 0.25) is 0 Å².